The predicted molar refractivity (Wildman–Crippen MR) is 251 cm³/mol. The number of benzene rings is 4. The molecule has 0 spiro atoms. The van der Waals surface area contributed by atoms with Crippen LogP contribution in [0.1, 0.15) is 101 Å². The molecule has 0 aliphatic carbocycles. The van der Waals surface area contributed by atoms with Crippen LogP contribution in [0.4, 0.5) is 0 Å². The van der Waals surface area contributed by atoms with Crippen LogP contribution in [0.25, 0.3) is 0 Å². The lowest BCUT2D eigenvalue weighted by atomic mass is 9.80. The minimum atomic E-state index is -1.80. The summed E-state index contributed by atoms with van der Waals surface area (Å²) < 4.78 is 42.9. The topological polar surface area (TPSA) is 143 Å². The van der Waals surface area contributed by atoms with Crippen LogP contribution in [0.3, 0.4) is 0 Å². The number of nitriles is 1. The average Bonchev–Trinajstić information content (AvgIpc) is 3.60. The summed E-state index contributed by atoms with van der Waals surface area (Å²) in [6, 6.07) is 35.5. The number of ether oxygens (including phenoxy) is 4. The summed E-state index contributed by atoms with van der Waals surface area (Å²) in [5.74, 6) is 0.0314. The zero-order chi connectivity index (χ0) is 47.1. The lowest BCUT2D eigenvalue weighted by molar-refractivity contribution is -0.0932. The third kappa shape index (κ3) is 10.7. The predicted octanol–water partition coefficient (Wildman–Crippen LogP) is 9.22. The number of methoxy groups -OCH3 is 2. The minimum Gasteiger partial charge on any atom is -0.497 e. The summed E-state index contributed by atoms with van der Waals surface area (Å²) in [7, 11) is 1.43. The monoisotopic (exact) mass is 904 g/mol. The Bertz CT molecular complexity index is 2460. The second-order valence-corrected chi connectivity index (χ2v) is 19.1. The molecule has 0 amide bonds. The van der Waals surface area contributed by atoms with E-state index in [1.165, 1.54) is 16.8 Å². The first kappa shape index (κ1) is 49.0. The van der Waals surface area contributed by atoms with Crippen molar-refractivity contribution in [1.29, 1.82) is 5.26 Å². The molecule has 344 valence electrons. The summed E-state index contributed by atoms with van der Waals surface area (Å²) in [6.45, 7) is 16.4. The zero-order valence-corrected chi connectivity index (χ0v) is 39.9. The molecule has 1 aliphatic rings. The van der Waals surface area contributed by atoms with Crippen LogP contribution in [0.5, 0.6) is 11.5 Å². The van der Waals surface area contributed by atoms with E-state index in [1.807, 2.05) is 97.9 Å². The lowest BCUT2D eigenvalue weighted by Crippen LogP contribution is -2.45. The summed E-state index contributed by atoms with van der Waals surface area (Å²) >= 11 is 0. The maximum atomic E-state index is 14.5. The van der Waals surface area contributed by atoms with E-state index < -0.39 is 55.6 Å². The van der Waals surface area contributed by atoms with Gasteiger partial charge in [0.05, 0.1) is 39.9 Å². The molecular formula is C51H61N4O9P. The van der Waals surface area contributed by atoms with E-state index >= 15 is 0 Å². The van der Waals surface area contributed by atoms with Gasteiger partial charge in [-0.25, -0.2) is 9.46 Å². The van der Waals surface area contributed by atoms with Gasteiger partial charge in [-0.2, -0.15) is 9.83 Å². The number of carbonyl (C=O) groups excluding carboxylic acids is 1. The Balaban J connectivity index is 1.47. The number of hydrogen-bond acceptors (Lipinski definition) is 11. The molecule has 14 heteroatoms. The number of nitrogens with zero attached hydrogens (tertiary/aromatic N) is 4. The van der Waals surface area contributed by atoms with Crippen molar-refractivity contribution in [2.24, 2.45) is 5.92 Å². The lowest BCUT2D eigenvalue weighted by Gasteiger charge is -2.39. The molecule has 0 bridgehead atoms. The smallest absolute Gasteiger partial charge is 0.340 e. The van der Waals surface area contributed by atoms with Crippen molar-refractivity contribution in [3.63, 3.8) is 0 Å². The molecule has 0 saturated carbocycles. The van der Waals surface area contributed by atoms with Gasteiger partial charge in [-0.1, -0.05) is 94.4 Å². The van der Waals surface area contributed by atoms with Crippen molar-refractivity contribution in [3.8, 4) is 17.6 Å². The van der Waals surface area contributed by atoms with Gasteiger partial charge < -0.3 is 28.0 Å². The number of carbonyl (C=O) groups is 1. The number of aromatic nitrogens is 2. The second kappa shape index (κ2) is 21.2. The molecule has 5 atom stereocenters. The Labute approximate surface area is 383 Å². The molecule has 1 saturated heterocycles. The zero-order valence-electron chi connectivity index (χ0n) is 39.0. The van der Waals surface area contributed by atoms with Gasteiger partial charge in [0, 0.05) is 35.8 Å². The van der Waals surface area contributed by atoms with Gasteiger partial charge >= 0.3 is 5.69 Å². The van der Waals surface area contributed by atoms with Crippen LogP contribution in [0.15, 0.2) is 125 Å². The van der Waals surface area contributed by atoms with E-state index in [0.29, 0.717) is 16.1 Å². The van der Waals surface area contributed by atoms with E-state index in [4.69, 9.17) is 28.0 Å². The van der Waals surface area contributed by atoms with Crippen LogP contribution < -0.4 is 20.7 Å². The summed E-state index contributed by atoms with van der Waals surface area (Å²) in [4.78, 5) is 41.9. The van der Waals surface area contributed by atoms with Crippen molar-refractivity contribution in [3.05, 3.63) is 164 Å². The fourth-order valence-electron chi connectivity index (χ4n) is 8.29. The van der Waals surface area contributed by atoms with Gasteiger partial charge in [-0.3, -0.25) is 14.2 Å². The van der Waals surface area contributed by atoms with Crippen molar-refractivity contribution in [1.82, 2.24) is 13.8 Å². The highest BCUT2D eigenvalue weighted by Crippen LogP contribution is 2.52. The summed E-state index contributed by atoms with van der Waals surface area (Å²) in [5.41, 5.74) is 0.636. The fraction of sp³-hybridized carbons (Fsp3) is 0.412. The molecule has 1 aliphatic heterocycles. The first-order chi connectivity index (χ1) is 31.0. The SMILES string of the molecule is COc1ccc(C(OC[C@H]2O[C@@H](n3ccc(=O)n(C(=O)c4ccc(C(C)(C)C)cc4)c3=O)[C@H](C)[C@@H]2OP(OCCC#N)N(C(C)C)C(C)C)(c2ccccc2)c2ccc(OC)cc2)cc1. The van der Waals surface area contributed by atoms with Crippen LogP contribution in [0, 0.1) is 17.2 Å². The van der Waals surface area contributed by atoms with Crippen LogP contribution in [0.2, 0.25) is 0 Å². The van der Waals surface area contributed by atoms with Gasteiger partial charge in [0.15, 0.2) is 0 Å². The second-order valence-electron chi connectivity index (χ2n) is 17.7. The largest absolute Gasteiger partial charge is 0.497 e. The minimum absolute atomic E-state index is 0.00292. The quantitative estimate of drug-likeness (QED) is 0.0472. The molecular weight excluding hydrogens is 844 g/mol. The number of hydrogen-bond donors (Lipinski definition) is 0. The van der Waals surface area contributed by atoms with Crippen LogP contribution >= 0.6 is 8.53 Å². The van der Waals surface area contributed by atoms with E-state index in [2.05, 4.69) is 59.2 Å². The van der Waals surface area contributed by atoms with Crippen LogP contribution in [-0.2, 0) is 29.5 Å². The molecule has 2 heterocycles. The Kier molecular flexibility index (Phi) is 16.0. The van der Waals surface area contributed by atoms with Gasteiger partial charge in [0.1, 0.15) is 35.5 Å². The molecule has 1 aromatic heterocycles. The first-order valence-corrected chi connectivity index (χ1v) is 23.1. The number of rotatable bonds is 18. The molecule has 1 fully saturated rings. The third-order valence-electron chi connectivity index (χ3n) is 11.6. The van der Waals surface area contributed by atoms with E-state index in [0.717, 1.165) is 22.3 Å². The molecule has 5 aromatic rings. The third-order valence-corrected chi connectivity index (χ3v) is 13.8. The Morgan fingerprint density at radius 1 is 0.800 bits per heavy atom. The molecule has 6 rings (SSSR count). The first-order valence-electron chi connectivity index (χ1n) is 21.9. The molecule has 13 nitrogen and oxygen atoms in total. The highest BCUT2D eigenvalue weighted by Gasteiger charge is 2.49. The van der Waals surface area contributed by atoms with E-state index in [-0.39, 0.29) is 42.7 Å². The molecule has 0 radical (unpaired) electrons. The highest BCUT2D eigenvalue weighted by molar-refractivity contribution is 7.44. The molecule has 4 aromatic carbocycles. The van der Waals surface area contributed by atoms with Gasteiger partial charge in [-0.05, 0) is 91.8 Å². The van der Waals surface area contributed by atoms with E-state index in [1.54, 1.807) is 26.4 Å². The Hall–Kier alpha value is -5.45. The van der Waals surface area contributed by atoms with Crippen LogP contribution in [-0.4, -0.2) is 71.4 Å². The van der Waals surface area contributed by atoms with Crippen molar-refractivity contribution in [2.75, 3.05) is 27.4 Å². The molecule has 0 N–H and O–H groups in total. The van der Waals surface area contributed by atoms with Crippen molar-refractivity contribution >= 4 is 14.4 Å². The Morgan fingerprint density at radius 2 is 1.34 bits per heavy atom. The van der Waals surface area contributed by atoms with Gasteiger partial charge in [0.2, 0.25) is 0 Å². The average molecular weight is 905 g/mol. The maximum absolute atomic E-state index is 14.5. The molecule has 1 unspecified atom stereocenters. The maximum Gasteiger partial charge on any atom is 0.340 e. The van der Waals surface area contributed by atoms with Crippen molar-refractivity contribution < 1.29 is 32.8 Å². The Morgan fingerprint density at radius 3 is 1.85 bits per heavy atom. The summed E-state index contributed by atoms with van der Waals surface area (Å²) in [5, 5.41) is 9.47. The fourth-order valence-corrected chi connectivity index (χ4v) is 10.1. The normalized spacial score (nSPS) is 18.2. The van der Waals surface area contributed by atoms with E-state index in [9.17, 15) is 19.6 Å². The highest BCUT2D eigenvalue weighted by atomic mass is 31.2. The van der Waals surface area contributed by atoms with Gasteiger partial charge in [0.25, 0.3) is 20.0 Å². The summed E-state index contributed by atoms with van der Waals surface area (Å²) in [6.07, 6.45) is -1.09. The standard InChI is InChI=1S/C51H61N4O9P/c1-34(2)55(35(3)4)65(62-32-14-30-52)64-46-36(5)48(53-31-29-45(56)54(49(53)58)47(57)37-17-19-38(20-18-37)50(6,7)8)63-44(46)33-61-51(39-15-12-11-13-16-39,40-21-25-42(59-9)26-22-40)41-23-27-43(60-10)28-24-41/h11-13,15-29,31,34-36,44,46,48H,14,32-33H2,1-10H3/t36-,44-,46+,48-,65?/m1/s1. The van der Waals surface area contributed by atoms with Gasteiger partial charge in [-0.15, -0.1) is 0 Å². The van der Waals surface area contributed by atoms with Crippen molar-refractivity contribution in [2.45, 2.75) is 103 Å². The molecule has 65 heavy (non-hydrogen) atoms.